The summed E-state index contributed by atoms with van der Waals surface area (Å²) in [7, 11) is 0. The molecule has 4 heteroatoms. The minimum Gasteiger partial charge on any atom is -0.348 e. The van der Waals surface area contributed by atoms with Crippen molar-refractivity contribution in [3.63, 3.8) is 0 Å². The predicted octanol–water partition coefficient (Wildman–Crippen LogP) is 3.73. The average Bonchev–Trinajstić information content (AvgIpc) is 2.89. The van der Waals surface area contributed by atoms with Crippen LogP contribution in [0.2, 0.25) is 5.02 Å². The summed E-state index contributed by atoms with van der Waals surface area (Å²) in [6, 6.07) is 11.3. The lowest BCUT2D eigenvalue weighted by molar-refractivity contribution is -0.116. The molecule has 0 fully saturated rings. The third kappa shape index (κ3) is 4.02. The van der Waals surface area contributed by atoms with Gasteiger partial charge in [0.1, 0.15) is 0 Å². The molecule has 1 amide bonds. The number of thiophene rings is 1. The maximum absolute atomic E-state index is 11.6. The summed E-state index contributed by atoms with van der Waals surface area (Å²) in [5, 5.41) is 5.51. The van der Waals surface area contributed by atoms with E-state index in [1.165, 1.54) is 6.08 Å². The maximum Gasteiger partial charge on any atom is 0.244 e. The van der Waals surface area contributed by atoms with E-state index in [0.29, 0.717) is 11.6 Å². The van der Waals surface area contributed by atoms with Crippen molar-refractivity contribution in [2.45, 2.75) is 6.54 Å². The molecular formula is C14H12ClNOS. The van der Waals surface area contributed by atoms with Gasteiger partial charge in [-0.15, -0.1) is 11.3 Å². The number of rotatable bonds is 4. The molecule has 0 bridgehead atoms. The standard InChI is InChI=1S/C14H12ClNOS/c15-12-6-3-11(4-7-12)5-8-14(17)16-10-13-2-1-9-18-13/h1-9H,10H2,(H,16,17)/b8-5+. The van der Waals surface area contributed by atoms with Crippen LogP contribution >= 0.6 is 22.9 Å². The van der Waals surface area contributed by atoms with Gasteiger partial charge >= 0.3 is 0 Å². The number of carbonyl (C=O) groups is 1. The molecule has 1 heterocycles. The van der Waals surface area contributed by atoms with Gasteiger partial charge in [-0.3, -0.25) is 4.79 Å². The number of hydrogen-bond donors (Lipinski definition) is 1. The summed E-state index contributed by atoms with van der Waals surface area (Å²) >= 11 is 7.41. The van der Waals surface area contributed by atoms with Gasteiger partial charge in [-0.05, 0) is 35.2 Å². The number of hydrogen-bond acceptors (Lipinski definition) is 2. The zero-order valence-electron chi connectivity index (χ0n) is 9.60. The summed E-state index contributed by atoms with van der Waals surface area (Å²) in [5.74, 6) is -0.0987. The van der Waals surface area contributed by atoms with Crippen LogP contribution in [0.1, 0.15) is 10.4 Å². The SMILES string of the molecule is O=C(/C=C/c1ccc(Cl)cc1)NCc1cccs1. The zero-order chi connectivity index (χ0) is 12.8. The van der Waals surface area contributed by atoms with Crippen LogP contribution in [-0.2, 0) is 11.3 Å². The lowest BCUT2D eigenvalue weighted by Gasteiger charge is -1.99. The van der Waals surface area contributed by atoms with Crippen molar-refractivity contribution < 1.29 is 4.79 Å². The summed E-state index contributed by atoms with van der Waals surface area (Å²) in [6.07, 6.45) is 3.29. The van der Waals surface area contributed by atoms with E-state index in [4.69, 9.17) is 11.6 Å². The average molecular weight is 278 g/mol. The molecule has 0 saturated carbocycles. The molecule has 1 N–H and O–H groups in total. The zero-order valence-corrected chi connectivity index (χ0v) is 11.2. The first-order chi connectivity index (χ1) is 8.74. The number of amides is 1. The first-order valence-electron chi connectivity index (χ1n) is 5.48. The largest absolute Gasteiger partial charge is 0.348 e. The molecule has 1 aromatic heterocycles. The van der Waals surface area contributed by atoms with Gasteiger partial charge in [0.25, 0.3) is 0 Å². The van der Waals surface area contributed by atoms with Crippen LogP contribution in [0, 0.1) is 0 Å². The molecule has 0 unspecified atom stereocenters. The molecule has 92 valence electrons. The molecule has 2 aromatic rings. The van der Waals surface area contributed by atoms with E-state index < -0.39 is 0 Å². The van der Waals surface area contributed by atoms with Gasteiger partial charge in [-0.1, -0.05) is 29.8 Å². The second-order valence-corrected chi connectivity index (χ2v) is 5.15. The number of carbonyl (C=O) groups excluding carboxylic acids is 1. The molecule has 0 spiro atoms. The Morgan fingerprint density at radius 2 is 2.06 bits per heavy atom. The fourth-order valence-corrected chi connectivity index (χ4v) is 2.16. The van der Waals surface area contributed by atoms with Crippen molar-refractivity contribution >= 4 is 34.9 Å². The Hall–Kier alpha value is -1.58. The Bertz CT molecular complexity index is 531. The van der Waals surface area contributed by atoms with Crippen LogP contribution in [0.4, 0.5) is 0 Å². The molecule has 0 saturated heterocycles. The van der Waals surface area contributed by atoms with Crippen LogP contribution in [-0.4, -0.2) is 5.91 Å². The summed E-state index contributed by atoms with van der Waals surface area (Å²) < 4.78 is 0. The molecular weight excluding hydrogens is 266 g/mol. The van der Waals surface area contributed by atoms with Crippen molar-refractivity contribution in [1.82, 2.24) is 5.32 Å². The van der Waals surface area contributed by atoms with Gasteiger partial charge < -0.3 is 5.32 Å². The van der Waals surface area contributed by atoms with Gasteiger partial charge in [0.15, 0.2) is 0 Å². The quantitative estimate of drug-likeness (QED) is 0.848. The van der Waals surface area contributed by atoms with E-state index >= 15 is 0 Å². The predicted molar refractivity (Wildman–Crippen MR) is 76.7 cm³/mol. The molecule has 0 aliphatic heterocycles. The first-order valence-corrected chi connectivity index (χ1v) is 6.74. The molecule has 1 aromatic carbocycles. The van der Waals surface area contributed by atoms with Crippen molar-refractivity contribution in [1.29, 1.82) is 0 Å². The maximum atomic E-state index is 11.6. The fraction of sp³-hybridized carbons (Fsp3) is 0.0714. The third-order valence-corrected chi connectivity index (χ3v) is 3.44. The van der Waals surface area contributed by atoms with Gasteiger partial charge in [0.05, 0.1) is 6.54 Å². The molecule has 18 heavy (non-hydrogen) atoms. The molecule has 0 aliphatic carbocycles. The van der Waals surface area contributed by atoms with Crippen LogP contribution in [0.3, 0.4) is 0 Å². The van der Waals surface area contributed by atoms with Crippen molar-refractivity contribution in [2.75, 3.05) is 0 Å². The van der Waals surface area contributed by atoms with Crippen LogP contribution in [0.15, 0.2) is 47.9 Å². The summed E-state index contributed by atoms with van der Waals surface area (Å²) in [5.41, 5.74) is 0.950. The van der Waals surface area contributed by atoms with Gasteiger partial charge in [-0.25, -0.2) is 0 Å². The van der Waals surface area contributed by atoms with Crippen LogP contribution in [0.5, 0.6) is 0 Å². The second-order valence-electron chi connectivity index (χ2n) is 3.68. The highest BCUT2D eigenvalue weighted by Gasteiger charge is 1.97. The highest BCUT2D eigenvalue weighted by atomic mass is 35.5. The Morgan fingerprint density at radius 3 is 2.72 bits per heavy atom. The normalized spacial score (nSPS) is 10.7. The van der Waals surface area contributed by atoms with E-state index in [1.54, 1.807) is 29.5 Å². The Morgan fingerprint density at radius 1 is 1.28 bits per heavy atom. The lowest BCUT2D eigenvalue weighted by atomic mass is 10.2. The molecule has 2 rings (SSSR count). The van der Waals surface area contributed by atoms with Crippen LogP contribution in [0.25, 0.3) is 6.08 Å². The fourth-order valence-electron chi connectivity index (χ4n) is 1.39. The van der Waals surface area contributed by atoms with Crippen molar-refractivity contribution in [2.24, 2.45) is 0 Å². The third-order valence-electron chi connectivity index (χ3n) is 2.31. The highest BCUT2D eigenvalue weighted by molar-refractivity contribution is 7.09. The number of benzene rings is 1. The number of halogens is 1. The Kier molecular flexibility index (Phi) is 4.56. The molecule has 0 aliphatic rings. The second kappa shape index (κ2) is 6.38. The van der Waals surface area contributed by atoms with E-state index in [0.717, 1.165) is 10.4 Å². The van der Waals surface area contributed by atoms with E-state index in [-0.39, 0.29) is 5.91 Å². The summed E-state index contributed by atoms with van der Waals surface area (Å²) in [6.45, 7) is 0.571. The summed E-state index contributed by atoms with van der Waals surface area (Å²) in [4.78, 5) is 12.7. The van der Waals surface area contributed by atoms with Gasteiger partial charge in [0, 0.05) is 16.0 Å². The van der Waals surface area contributed by atoms with Crippen molar-refractivity contribution in [3.8, 4) is 0 Å². The molecule has 0 radical (unpaired) electrons. The van der Waals surface area contributed by atoms with Gasteiger partial charge in [0.2, 0.25) is 5.91 Å². The van der Waals surface area contributed by atoms with E-state index in [9.17, 15) is 4.79 Å². The van der Waals surface area contributed by atoms with E-state index in [1.807, 2.05) is 29.6 Å². The smallest absolute Gasteiger partial charge is 0.244 e. The monoisotopic (exact) mass is 277 g/mol. The molecule has 0 atom stereocenters. The topological polar surface area (TPSA) is 29.1 Å². The lowest BCUT2D eigenvalue weighted by Crippen LogP contribution is -2.19. The van der Waals surface area contributed by atoms with Gasteiger partial charge in [-0.2, -0.15) is 0 Å². The minimum atomic E-state index is -0.0987. The number of nitrogens with one attached hydrogen (secondary N) is 1. The van der Waals surface area contributed by atoms with Crippen molar-refractivity contribution in [3.05, 3.63) is 63.3 Å². The first kappa shape index (κ1) is 12.9. The minimum absolute atomic E-state index is 0.0987. The Balaban J connectivity index is 1.85. The Labute approximate surface area is 115 Å². The highest BCUT2D eigenvalue weighted by Crippen LogP contribution is 2.10. The molecule has 2 nitrogen and oxygen atoms in total. The van der Waals surface area contributed by atoms with Crippen LogP contribution < -0.4 is 5.32 Å². The van der Waals surface area contributed by atoms with E-state index in [2.05, 4.69) is 5.32 Å².